The van der Waals surface area contributed by atoms with Crippen LogP contribution in [0.2, 0.25) is 5.02 Å². The smallest absolute Gasteiger partial charge is 0.107 e. The van der Waals surface area contributed by atoms with Gasteiger partial charge in [-0.05, 0) is 18.6 Å². The fourth-order valence-electron chi connectivity index (χ4n) is 1.91. The molecule has 4 heteroatoms. The van der Waals surface area contributed by atoms with Crippen LogP contribution < -0.4 is 5.32 Å². The van der Waals surface area contributed by atoms with Gasteiger partial charge in [-0.2, -0.15) is 0 Å². The van der Waals surface area contributed by atoms with Gasteiger partial charge in [-0.25, -0.2) is 4.98 Å². The van der Waals surface area contributed by atoms with Crippen LogP contribution in [0.5, 0.6) is 0 Å². The summed E-state index contributed by atoms with van der Waals surface area (Å²) in [4.78, 5) is 4.69. The number of rotatable bonds is 4. The molecule has 1 N–H and O–H groups in total. The highest BCUT2D eigenvalue weighted by Crippen LogP contribution is 2.25. The second kappa shape index (κ2) is 6.25. The van der Waals surface area contributed by atoms with E-state index in [1.54, 1.807) is 11.3 Å². The van der Waals surface area contributed by atoms with E-state index >= 15 is 0 Å². The molecule has 20 heavy (non-hydrogen) atoms. The van der Waals surface area contributed by atoms with Crippen LogP contribution in [0.3, 0.4) is 0 Å². The van der Waals surface area contributed by atoms with Crippen molar-refractivity contribution in [1.29, 1.82) is 0 Å². The highest BCUT2D eigenvalue weighted by Gasteiger charge is 2.17. The number of hydrogen-bond acceptors (Lipinski definition) is 3. The average Bonchev–Trinajstić information content (AvgIpc) is 2.85. The van der Waals surface area contributed by atoms with Crippen molar-refractivity contribution in [3.8, 4) is 0 Å². The van der Waals surface area contributed by atoms with E-state index in [4.69, 9.17) is 16.6 Å². The largest absolute Gasteiger partial charge is 0.304 e. The van der Waals surface area contributed by atoms with Crippen LogP contribution in [0.1, 0.15) is 50.0 Å². The molecule has 0 aliphatic heterocycles. The summed E-state index contributed by atoms with van der Waals surface area (Å²) in [6, 6.07) is 8.17. The van der Waals surface area contributed by atoms with Gasteiger partial charge >= 0.3 is 0 Å². The number of hydrogen-bond donors (Lipinski definition) is 1. The van der Waals surface area contributed by atoms with Crippen molar-refractivity contribution in [3.05, 3.63) is 50.9 Å². The Labute approximate surface area is 130 Å². The maximum Gasteiger partial charge on any atom is 0.107 e. The Morgan fingerprint density at radius 2 is 2.00 bits per heavy atom. The number of halogens is 1. The van der Waals surface area contributed by atoms with Crippen molar-refractivity contribution < 1.29 is 0 Å². The maximum absolute atomic E-state index is 6.21. The van der Waals surface area contributed by atoms with Gasteiger partial charge < -0.3 is 5.32 Å². The fourth-order valence-corrected chi connectivity index (χ4v) is 3.18. The van der Waals surface area contributed by atoms with Gasteiger partial charge in [0, 0.05) is 28.4 Å². The number of thiazole rings is 1. The van der Waals surface area contributed by atoms with Crippen LogP contribution in [-0.4, -0.2) is 4.98 Å². The third-order valence-corrected chi connectivity index (χ3v) is 4.44. The molecule has 1 heterocycles. The van der Waals surface area contributed by atoms with E-state index in [0.29, 0.717) is 0 Å². The Bertz CT molecular complexity index is 572. The van der Waals surface area contributed by atoms with Crippen LogP contribution in [0, 0.1) is 0 Å². The Kier molecular flexibility index (Phi) is 4.84. The van der Waals surface area contributed by atoms with Crippen molar-refractivity contribution in [2.24, 2.45) is 0 Å². The Balaban J connectivity index is 1.99. The monoisotopic (exact) mass is 308 g/mol. The Hall–Kier alpha value is -0.900. The summed E-state index contributed by atoms with van der Waals surface area (Å²) in [6.45, 7) is 9.45. The van der Waals surface area contributed by atoms with E-state index < -0.39 is 0 Å². The SMILES string of the molecule is C[C@H](NCc1nc(C(C)(C)C)cs1)c1ccccc1Cl. The number of benzene rings is 1. The quantitative estimate of drug-likeness (QED) is 0.865. The minimum atomic E-state index is 0.114. The molecule has 2 aromatic rings. The van der Waals surface area contributed by atoms with Gasteiger partial charge in [-0.1, -0.05) is 50.6 Å². The summed E-state index contributed by atoms with van der Waals surface area (Å²) >= 11 is 7.92. The van der Waals surface area contributed by atoms with E-state index in [-0.39, 0.29) is 11.5 Å². The molecule has 1 aromatic heterocycles. The highest BCUT2D eigenvalue weighted by molar-refractivity contribution is 7.09. The average molecular weight is 309 g/mol. The molecule has 1 atom stereocenters. The highest BCUT2D eigenvalue weighted by atomic mass is 35.5. The fraction of sp³-hybridized carbons (Fsp3) is 0.438. The van der Waals surface area contributed by atoms with Gasteiger partial charge in [0.1, 0.15) is 5.01 Å². The number of nitrogens with one attached hydrogen (secondary N) is 1. The van der Waals surface area contributed by atoms with Crippen LogP contribution in [0.15, 0.2) is 29.6 Å². The van der Waals surface area contributed by atoms with E-state index in [1.165, 1.54) is 0 Å². The normalized spacial score (nSPS) is 13.4. The molecule has 108 valence electrons. The molecule has 0 amide bonds. The molecule has 2 rings (SSSR count). The zero-order valence-corrected chi connectivity index (χ0v) is 14.0. The zero-order chi connectivity index (χ0) is 14.8. The number of nitrogens with zero attached hydrogens (tertiary/aromatic N) is 1. The van der Waals surface area contributed by atoms with Gasteiger partial charge in [-0.3, -0.25) is 0 Å². The lowest BCUT2D eigenvalue weighted by Gasteiger charge is -2.15. The lowest BCUT2D eigenvalue weighted by molar-refractivity contribution is 0.554. The second-order valence-corrected chi connectivity index (χ2v) is 7.35. The molecular formula is C16H21ClN2S. The molecule has 0 unspecified atom stereocenters. The standard InChI is InChI=1S/C16H21ClN2S/c1-11(12-7-5-6-8-13(12)17)18-9-15-19-14(10-20-15)16(2,3)4/h5-8,10-11,18H,9H2,1-4H3/t11-/m0/s1. The van der Waals surface area contributed by atoms with Crippen LogP contribution in [-0.2, 0) is 12.0 Å². The van der Waals surface area contributed by atoms with Crippen molar-refractivity contribution in [2.45, 2.75) is 45.7 Å². The van der Waals surface area contributed by atoms with Crippen molar-refractivity contribution in [2.75, 3.05) is 0 Å². The molecule has 0 saturated carbocycles. The topological polar surface area (TPSA) is 24.9 Å². The van der Waals surface area contributed by atoms with Crippen LogP contribution >= 0.6 is 22.9 Å². The van der Waals surface area contributed by atoms with Gasteiger partial charge in [0.2, 0.25) is 0 Å². The lowest BCUT2D eigenvalue weighted by atomic mass is 9.93. The van der Waals surface area contributed by atoms with Crippen molar-refractivity contribution in [3.63, 3.8) is 0 Å². The summed E-state index contributed by atoms with van der Waals surface area (Å²) in [6.07, 6.45) is 0. The Morgan fingerprint density at radius 1 is 1.30 bits per heavy atom. The third kappa shape index (κ3) is 3.81. The van der Waals surface area contributed by atoms with Crippen LogP contribution in [0.4, 0.5) is 0 Å². The summed E-state index contributed by atoms with van der Waals surface area (Å²) < 4.78 is 0. The van der Waals surface area contributed by atoms with E-state index in [0.717, 1.165) is 27.8 Å². The first-order valence-corrected chi connectivity index (χ1v) is 8.06. The van der Waals surface area contributed by atoms with Gasteiger partial charge in [-0.15, -0.1) is 11.3 Å². The van der Waals surface area contributed by atoms with E-state index in [1.807, 2.05) is 18.2 Å². The first kappa shape index (κ1) is 15.5. The molecule has 0 bridgehead atoms. The molecule has 0 aliphatic carbocycles. The summed E-state index contributed by atoms with van der Waals surface area (Å²) in [7, 11) is 0. The molecule has 0 fully saturated rings. The molecular weight excluding hydrogens is 288 g/mol. The molecule has 0 radical (unpaired) electrons. The van der Waals surface area contributed by atoms with E-state index in [9.17, 15) is 0 Å². The molecule has 2 nitrogen and oxygen atoms in total. The molecule has 0 spiro atoms. The molecule has 1 aromatic carbocycles. The van der Waals surface area contributed by atoms with Gasteiger partial charge in [0.05, 0.1) is 5.69 Å². The van der Waals surface area contributed by atoms with Crippen LogP contribution in [0.25, 0.3) is 0 Å². The zero-order valence-electron chi connectivity index (χ0n) is 12.4. The van der Waals surface area contributed by atoms with E-state index in [2.05, 4.69) is 44.5 Å². The lowest BCUT2D eigenvalue weighted by Crippen LogP contribution is -2.19. The maximum atomic E-state index is 6.21. The second-order valence-electron chi connectivity index (χ2n) is 6.00. The summed E-state index contributed by atoms with van der Waals surface area (Å²) in [5.74, 6) is 0. The molecule has 0 aliphatic rings. The summed E-state index contributed by atoms with van der Waals surface area (Å²) in [5.41, 5.74) is 2.40. The Morgan fingerprint density at radius 3 is 2.60 bits per heavy atom. The minimum Gasteiger partial charge on any atom is -0.304 e. The minimum absolute atomic E-state index is 0.114. The third-order valence-electron chi connectivity index (χ3n) is 3.25. The predicted octanol–water partition coefficient (Wildman–Crippen LogP) is 4.94. The van der Waals surface area contributed by atoms with Crippen molar-refractivity contribution in [1.82, 2.24) is 10.3 Å². The predicted molar refractivity (Wildman–Crippen MR) is 87.5 cm³/mol. The van der Waals surface area contributed by atoms with Gasteiger partial charge in [0.25, 0.3) is 0 Å². The molecule has 0 saturated heterocycles. The first-order chi connectivity index (χ1) is 9.38. The van der Waals surface area contributed by atoms with Gasteiger partial charge in [0.15, 0.2) is 0 Å². The first-order valence-electron chi connectivity index (χ1n) is 6.80. The number of aromatic nitrogens is 1. The van der Waals surface area contributed by atoms with Crippen molar-refractivity contribution >= 4 is 22.9 Å². The summed E-state index contributed by atoms with van der Waals surface area (Å²) in [5, 5.41) is 7.56.